The highest BCUT2D eigenvalue weighted by Crippen LogP contribution is 2.20. The van der Waals surface area contributed by atoms with Crippen LogP contribution < -0.4 is 4.72 Å². The SMILES string of the molecule is COC(=O)CN(Cc1ccc(Cl)cc1)C(=O)[C@H](CC(=O)O)NS(=O)(=O)c1ccc2ccccc2c1. The summed E-state index contributed by atoms with van der Waals surface area (Å²) in [6, 6.07) is 16.3. The highest BCUT2D eigenvalue weighted by atomic mass is 35.5. The van der Waals surface area contributed by atoms with E-state index in [4.69, 9.17) is 11.6 Å². The van der Waals surface area contributed by atoms with Gasteiger partial charge in [-0.05, 0) is 40.6 Å². The van der Waals surface area contributed by atoms with Gasteiger partial charge in [-0.3, -0.25) is 14.4 Å². The van der Waals surface area contributed by atoms with Crippen molar-refractivity contribution in [2.75, 3.05) is 13.7 Å². The quantitative estimate of drug-likeness (QED) is 0.395. The summed E-state index contributed by atoms with van der Waals surface area (Å²) < 4.78 is 33.0. The number of nitrogens with one attached hydrogen (secondary N) is 1. The van der Waals surface area contributed by atoms with E-state index in [0.29, 0.717) is 16.0 Å². The van der Waals surface area contributed by atoms with E-state index in [1.54, 1.807) is 42.5 Å². The Labute approximate surface area is 207 Å². The maximum absolute atomic E-state index is 13.3. The van der Waals surface area contributed by atoms with Crippen molar-refractivity contribution in [2.24, 2.45) is 0 Å². The van der Waals surface area contributed by atoms with Gasteiger partial charge in [0.1, 0.15) is 12.6 Å². The van der Waals surface area contributed by atoms with Gasteiger partial charge in [0, 0.05) is 11.6 Å². The number of hydrogen-bond acceptors (Lipinski definition) is 6. The zero-order valence-corrected chi connectivity index (χ0v) is 20.3. The number of ether oxygens (including phenoxy) is 1. The molecule has 3 aromatic carbocycles. The monoisotopic (exact) mass is 518 g/mol. The van der Waals surface area contributed by atoms with Crippen molar-refractivity contribution in [1.29, 1.82) is 0 Å². The summed E-state index contributed by atoms with van der Waals surface area (Å²) in [6.07, 6.45) is -0.829. The molecule has 0 aliphatic rings. The number of rotatable bonds is 10. The molecular weight excluding hydrogens is 496 g/mol. The Morgan fingerprint density at radius 3 is 2.31 bits per heavy atom. The van der Waals surface area contributed by atoms with E-state index in [1.807, 2.05) is 12.1 Å². The molecule has 2 N–H and O–H groups in total. The molecule has 1 atom stereocenters. The van der Waals surface area contributed by atoms with Gasteiger partial charge in [-0.2, -0.15) is 4.72 Å². The lowest BCUT2D eigenvalue weighted by atomic mass is 10.1. The second kappa shape index (κ2) is 11.3. The van der Waals surface area contributed by atoms with E-state index in [2.05, 4.69) is 9.46 Å². The number of halogens is 1. The highest BCUT2D eigenvalue weighted by Gasteiger charge is 2.32. The first-order valence-corrected chi connectivity index (χ1v) is 12.3. The van der Waals surface area contributed by atoms with Gasteiger partial charge in [-0.1, -0.05) is 54.1 Å². The van der Waals surface area contributed by atoms with E-state index >= 15 is 0 Å². The van der Waals surface area contributed by atoms with Crippen LogP contribution in [-0.4, -0.2) is 56.0 Å². The molecule has 0 fully saturated rings. The standard InChI is InChI=1S/C24H23ClN2O7S/c1-34-23(30)15-27(14-16-6-9-19(25)10-7-16)24(31)21(13-22(28)29)26-35(32,33)20-11-8-17-4-2-3-5-18(17)12-20/h2-12,21,26H,13-15H2,1H3,(H,28,29)/t21-/m0/s1. The fourth-order valence-corrected chi connectivity index (χ4v) is 4.76. The molecule has 11 heteroatoms. The second-order valence-corrected chi connectivity index (χ2v) is 9.83. The van der Waals surface area contributed by atoms with Crippen molar-refractivity contribution in [3.8, 4) is 0 Å². The molecule has 0 radical (unpaired) electrons. The van der Waals surface area contributed by atoms with Gasteiger partial charge >= 0.3 is 11.9 Å². The third-order valence-corrected chi connectivity index (χ3v) is 6.87. The summed E-state index contributed by atoms with van der Waals surface area (Å²) in [5.41, 5.74) is 0.595. The number of carboxylic acids is 1. The number of esters is 1. The molecule has 0 aliphatic heterocycles. The molecule has 0 unspecified atom stereocenters. The Kier molecular flexibility index (Phi) is 8.44. The third kappa shape index (κ3) is 7.01. The first-order chi connectivity index (χ1) is 16.6. The van der Waals surface area contributed by atoms with Crippen molar-refractivity contribution in [3.05, 3.63) is 77.3 Å². The van der Waals surface area contributed by atoms with Gasteiger partial charge < -0.3 is 14.7 Å². The number of sulfonamides is 1. The molecule has 0 saturated carbocycles. The smallest absolute Gasteiger partial charge is 0.325 e. The van der Waals surface area contributed by atoms with Crippen molar-refractivity contribution in [2.45, 2.75) is 23.9 Å². The molecule has 9 nitrogen and oxygen atoms in total. The largest absolute Gasteiger partial charge is 0.481 e. The van der Waals surface area contributed by atoms with Gasteiger partial charge in [0.25, 0.3) is 0 Å². The van der Waals surface area contributed by atoms with Gasteiger partial charge in [-0.25, -0.2) is 8.42 Å². The van der Waals surface area contributed by atoms with Crippen LogP contribution in [0.25, 0.3) is 10.8 Å². The Hall–Kier alpha value is -3.47. The van der Waals surface area contributed by atoms with Gasteiger partial charge in [0.15, 0.2) is 0 Å². The van der Waals surface area contributed by atoms with Crippen LogP contribution in [-0.2, 0) is 35.7 Å². The summed E-state index contributed by atoms with van der Waals surface area (Å²) >= 11 is 5.90. The molecule has 35 heavy (non-hydrogen) atoms. The third-order valence-electron chi connectivity index (χ3n) is 5.15. The number of carbonyl (C=O) groups is 3. The maximum Gasteiger partial charge on any atom is 0.325 e. The average molecular weight is 519 g/mol. The summed E-state index contributed by atoms with van der Waals surface area (Å²) in [5, 5.41) is 11.3. The molecule has 0 aliphatic carbocycles. The summed E-state index contributed by atoms with van der Waals surface area (Å²) in [4.78, 5) is 37.7. The van der Waals surface area contributed by atoms with Crippen molar-refractivity contribution < 1.29 is 32.6 Å². The molecule has 0 heterocycles. The first kappa shape index (κ1) is 26.1. The van der Waals surface area contributed by atoms with E-state index in [-0.39, 0.29) is 11.4 Å². The number of amides is 1. The Morgan fingerprint density at radius 1 is 1.03 bits per heavy atom. The van der Waals surface area contributed by atoms with Crippen molar-refractivity contribution in [1.82, 2.24) is 9.62 Å². The fourth-order valence-electron chi connectivity index (χ4n) is 3.41. The van der Waals surface area contributed by atoms with Gasteiger partial charge in [0.05, 0.1) is 18.4 Å². The van der Waals surface area contributed by atoms with Crippen LogP contribution in [0.2, 0.25) is 5.02 Å². The van der Waals surface area contributed by atoms with E-state index in [1.165, 1.54) is 12.1 Å². The van der Waals surface area contributed by atoms with E-state index in [9.17, 15) is 27.9 Å². The minimum absolute atomic E-state index is 0.0983. The number of benzene rings is 3. The van der Waals surface area contributed by atoms with E-state index < -0.39 is 46.9 Å². The normalized spacial score (nSPS) is 12.2. The second-order valence-electron chi connectivity index (χ2n) is 7.68. The van der Waals surface area contributed by atoms with Crippen LogP contribution in [0.5, 0.6) is 0 Å². The maximum atomic E-state index is 13.3. The molecule has 0 bridgehead atoms. The Morgan fingerprint density at radius 2 is 1.69 bits per heavy atom. The number of methoxy groups -OCH3 is 1. The van der Waals surface area contributed by atoms with Crippen LogP contribution in [0, 0.1) is 0 Å². The lowest BCUT2D eigenvalue weighted by Gasteiger charge is -2.26. The predicted octanol–water partition coefficient (Wildman–Crippen LogP) is 2.82. The number of carboxylic acid groups (broad SMARTS) is 1. The highest BCUT2D eigenvalue weighted by molar-refractivity contribution is 7.89. The lowest BCUT2D eigenvalue weighted by molar-refractivity contribution is -0.149. The Balaban J connectivity index is 1.91. The minimum Gasteiger partial charge on any atom is -0.481 e. The molecule has 3 aromatic rings. The number of fused-ring (bicyclic) bond motifs is 1. The van der Waals surface area contributed by atoms with Crippen LogP contribution in [0.4, 0.5) is 0 Å². The molecule has 0 spiro atoms. The van der Waals surface area contributed by atoms with Crippen LogP contribution in [0.3, 0.4) is 0 Å². The van der Waals surface area contributed by atoms with E-state index in [0.717, 1.165) is 17.4 Å². The molecule has 0 aromatic heterocycles. The van der Waals surface area contributed by atoms with Crippen molar-refractivity contribution >= 4 is 50.2 Å². The number of aliphatic carboxylic acids is 1. The number of hydrogen-bond donors (Lipinski definition) is 2. The van der Waals surface area contributed by atoms with Crippen LogP contribution >= 0.6 is 11.6 Å². The lowest BCUT2D eigenvalue weighted by Crippen LogP contribution is -2.50. The summed E-state index contributed by atoms with van der Waals surface area (Å²) in [7, 11) is -3.14. The van der Waals surface area contributed by atoms with Gasteiger partial charge in [-0.15, -0.1) is 0 Å². The molecule has 1 amide bonds. The predicted molar refractivity (Wildman–Crippen MR) is 129 cm³/mol. The number of carbonyl (C=O) groups excluding carboxylic acids is 2. The molecule has 184 valence electrons. The number of nitrogens with zero attached hydrogens (tertiary/aromatic N) is 1. The fraction of sp³-hybridized carbons (Fsp3) is 0.208. The minimum atomic E-state index is -4.28. The van der Waals surface area contributed by atoms with Crippen molar-refractivity contribution in [3.63, 3.8) is 0 Å². The average Bonchev–Trinajstić information content (AvgIpc) is 2.83. The van der Waals surface area contributed by atoms with Crippen LogP contribution in [0.15, 0.2) is 71.6 Å². The zero-order valence-electron chi connectivity index (χ0n) is 18.7. The topological polar surface area (TPSA) is 130 Å². The van der Waals surface area contributed by atoms with Crippen LogP contribution in [0.1, 0.15) is 12.0 Å². The zero-order chi connectivity index (χ0) is 25.6. The molecular formula is C24H23ClN2O7S. The molecule has 0 saturated heterocycles. The first-order valence-electron chi connectivity index (χ1n) is 10.4. The summed E-state index contributed by atoms with van der Waals surface area (Å²) in [6.45, 7) is -0.606. The van der Waals surface area contributed by atoms with Gasteiger partial charge in [0.2, 0.25) is 15.9 Å². The Bertz CT molecular complexity index is 1340. The summed E-state index contributed by atoms with van der Waals surface area (Å²) in [5.74, 6) is -3.04. The molecule has 3 rings (SSSR count).